The van der Waals surface area contributed by atoms with E-state index in [1.165, 1.54) is 57.8 Å². The van der Waals surface area contributed by atoms with Crippen LogP contribution in [0.1, 0.15) is 64.7 Å². The molecule has 18 heavy (non-hydrogen) atoms. The second-order valence-electron chi connectivity index (χ2n) is 5.78. The molecule has 1 saturated heterocycles. The summed E-state index contributed by atoms with van der Waals surface area (Å²) in [5, 5.41) is 0. The maximum absolute atomic E-state index is 5.71. The summed E-state index contributed by atoms with van der Waals surface area (Å²) in [6, 6.07) is 1.05. The molecule has 1 saturated carbocycles. The number of nitrogens with one attached hydrogen (secondary N) is 1. The number of aliphatic imine (C=N–C) groups is 1. The lowest BCUT2D eigenvalue weighted by molar-refractivity contribution is 0.319. The highest BCUT2D eigenvalue weighted by Crippen LogP contribution is 2.22. The van der Waals surface area contributed by atoms with Crippen molar-refractivity contribution < 1.29 is 0 Å². The molecular weight excluding hydrogens is 224 g/mol. The van der Waals surface area contributed by atoms with Crippen LogP contribution >= 0.6 is 0 Å². The van der Waals surface area contributed by atoms with Crippen LogP contribution in [-0.4, -0.2) is 29.5 Å². The highest BCUT2D eigenvalue weighted by Gasteiger charge is 2.21. The summed E-state index contributed by atoms with van der Waals surface area (Å²) in [5.41, 5.74) is 2.85. The van der Waals surface area contributed by atoms with Gasteiger partial charge in [0.25, 0.3) is 0 Å². The van der Waals surface area contributed by atoms with Crippen LogP contribution in [0.25, 0.3) is 0 Å². The molecule has 1 aliphatic heterocycles. The van der Waals surface area contributed by atoms with E-state index in [4.69, 9.17) is 10.8 Å². The number of nitrogens with two attached hydrogens (primary N) is 1. The molecule has 1 atom stereocenters. The molecule has 1 unspecified atom stereocenters. The van der Waals surface area contributed by atoms with Crippen molar-refractivity contribution in [2.45, 2.75) is 76.8 Å². The van der Waals surface area contributed by atoms with Gasteiger partial charge in [-0.3, -0.25) is 5.43 Å². The van der Waals surface area contributed by atoms with E-state index in [0.29, 0.717) is 12.1 Å². The second-order valence-corrected chi connectivity index (χ2v) is 5.78. The largest absolute Gasteiger partial charge is 0.339 e. The zero-order valence-electron chi connectivity index (χ0n) is 11.7. The zero-order valence-corrected chi connectivity index (χ0v) is 11.7. The van der Waals surface area contributed by atoms with Crippen LogP contribution in [0.3, 0.4) is 0 Å². The molecule has 0 bridgehead atoms. The fourth-order valence-corrected chi connectivity index (χ4v) is 3.17. The molecule has 1 heterocycles. The van der Waals surface area contributed by atoms with Crippen LogP contribution in [-0.2, 0) is 0 Å². The van der Waals surface area contributed by atoms with Crippen LogP contribution in [0, 0.1) is 0 Å². The van der Waals surface area contributed by atoms with Crippen LogP contribution in [0.15, 0.2) is 4.99 Å². The fraction of sp³-hybridized carbons (Fsp3) is 0.929. The molecule has 0 amide bonds. The maximum atomic E-state index is 5.71. The third-order valence-corrected chi connectivity index (χ3v) is 4.33. The Morgan fingerprint density at radius 1 is 1.06 bits per heavy atom. The van der Waals surface area contributed by atoms with Gasteiger partial charge in [-0.25, -0.2) is 10.8 Å². The molecule has 2 fully saturated rings. The fourth-order valence-electron chi connectivity index (χ4n) is 3.17. The SMILES string of the molecule is CC1CCCCCN1C(=NC1CCCCC1)NN. The molecule has 1 aliphatic carbocycles. The molecule has 0 spiro atoms. The van der Waals surface area contributed by atoms with Crippen LogP contribution in [0.5, 0.6) is 0 Å². The lowest BCUT2D eigenvalue weighted by atomic mass is 9.96. The first-order valence-electron chi connectivity index (χ1n) is 7.62. The number of hydrogen-bond acceptors (Lipinski definition) is 2. The molecule has 4 heteroatoms. The van der Waals surface area contributed by atoms with E-state index in [2.05, 4.69) is 17.2 Å². The Morgan fingerprint density at radius 3 is 2.44 bits per heavy atom. The van der Waals surface area contributed by atoms with Crippen molar-refractivity contribution in [3.63, 3.8) is 0 Å². The lowest BCUT2D eigenvalue weighted by Crippen LogP contribution is -2.49. The van der Waals surface area contributed by atoms with Gasteiger partial charge >= 0.3 is 0 Å². The molecule has 0 radical (unpaired) electrons. The van der Waals surface area contributed by atoms with Gasteiger partial charge in [-0.1, -0.05) is 32.1 Å². The number of hydrazine groups is 1. The van der Waals surface area contributed by atoms with Crippen LogP contribution < -0.4 is 11.3 Å². The second kappa shape index (κ2) is 6.98. The highest BCUT2D eigenvalue weighted by atomic mass is 15.4. The number of rotatable bonds is 1. The van der Waals surface area contributed by atoms with E-state index in [-0.39, 0.29) is 0 Å². The third-order valence-electron chi connectivity index (χ3n) is 4.33. The van der Waals surface area contributed by atoms with Crippen molar-refractivity contribution in [1.82, 2.24) is 10.3 Å². The van der Waals surface area contributed by atoms with Gasteiger partial charge in [0.2, 0.25) is 5.96 Å². The average molecular weight is 252 g/mol. The van der Waals surface area contributed by atoms with E-state index < -0.39 is 0 Å². The van der Waals surface area contributed by atoms with Crippen molar-refractivity contribution in [2.24, 2.45) is 10.8 Å². The molecule has 4 nitrogen and oxygen atoms in total. The molecular formula is C14H28N4. The Labute approximate surface area is 111 Å². The van der Waals surface area contributed by atoms with E-state index in [1.54, 1.807) is 0 Å². The van der Waals surface area contributed by atoms with Crippen molar-refractivity contribution in [3.05, 3.63) is 0 Å². The van der Waals surface area contributed by atoms with E-state index in [0.717, 1.165) is 12.5 Å². The Bertz CT molecular complexity index is 271. The van der Waals surface area contributed by atoms with Crippen LogP contribution in [0.4, 0.5) is 0 Å². The molecule has 2 rings (SSSR count). The number of nitrogens with zero attached hydrogens (tertiary/aromatic N) is 2. The first kappa shape index (κ1) is 13.7. The first-order chi connectivity index (χ1) is 8.81. The number of guanidine groups is 1. The monoisotopic (exact) mass is 252 g/mol. The van der Waals surface area contributed by atoms with E-state index in [1.807, 2.05) is 0 Å². The quantitative estimate of drug-likeness (QED) is 0.326. The zero-order chi connectivity index (χ0) is 12.8. The predicted octanol–water partition coefficient (Wildman–Crippen LogP) is 2.40. The Morgan fingerprint density at radius 2 is 1.72 bits per heavy atom. The van der Waals surface area contributed by atoms with Crippen molar-refractivity contribution in [3.8, 4) is 0 Å². The van der Waals surface area contributed by atoms with Gasteiger partial charge in [-0.05, 0) is 32.6 Å². The molecule has 2 aliphatic rings. The van der Waals surface area contributed by atoms with Crippen LogP contribution in [0.2, 0.25) is 0 Å². The smallest absolute Gasteiger partial charge is 0.208 e. The first-order valence-corrected chi connectivity index (χ1v) is 7.62. The molecule has 104 valence electrons. The number of likely N-dealkylation sites (tertiary alicyclic amines) is 1. The minimum Gasteiger partial charge on any atom is -0.339 e. The summed E-state index contributed by atoms with van der Waals surface area (Å²) in [7, 11) is 0. The lowest BCUT2D eigenvalue weighted by Gasteiger charge is -2.31. The van der Waals surface area contributed by atoms with E-state index >= 15 is 0 Å². The van der Waals surface area contributed by atoms with Gasteiger partial charge in [-0.2, -0.15) is 0 Å². The Hall–Kier alpha value is -0.770. The average Bonchev–Trinajstić information content (AvgIpc) is 2.62. The molecule has 0 aromatic rings. The Balaban J connectivity index is 2.02. The Kier molecular flexibility index (Phi) is 5.29. The van der Waals surface area contributed by atoms with Crippen molar-refractivity contribution >= 4 is 5.96 Å². The molecule has 3 N–H and O–H groups in total. The summed E-state index contributed by atoms with van der Waals surface area (Å²) in [5.74, 6) is 6.64. The highest BCUT2D eigenvalue weighted by molar-refractivity contribution is 5.79. The van der Waals surface area contributed by atoms with Gasteiger partial charge in [0.05, 0.1) is 6.04 Å². The summed E-state index contributed by atoms with van der Waals surface area (Å²) in [6.07, 6.45) is 11.7. The van der Waals surface area contributed by atoms with Gasteiger partial charge in [0, 0.05) is 12.6 Å². The van der Waals surface area contributed by atoms with Gasteiger partial charge in [0.15, 0.2) is 0 Å². The summed E-state index contributed by atoms with van der Waals surface area (Å²) >= 11 is 0. The van der Waals surface area contributed by atoms with Gasteiger partial charge < -0.3 is 4.90 Å². The van der Waals surface area contributed by atoms with Gasteiger partial charge in [-0.15, -0.1) is 0 Å². The minimum absolute atomic E-state index is 0.486. The van der Waals surface area contributed by atoms with E-state index in [9.17, 15) is 0 Å². The maximum Gasteiger partial charge on any atom is 0.208 e. The summed E-state index contributed by atoms with van der Waals surface area (Å²) in [6.45, 7) is 3.38. The van der Waals surface area contributed by atoms with Crippen molar-refractivity contribution in [2.75, 3.05) is 6.54 Å². The topological polar surface area (TPSA) is 53.6 Å². The predicted molar refractivity (Wildman–Crippen MR) is 76.3 cm³/mol. The standard InChI is InChI=1S/C14H28N4/c1-12-8-4-3-7-11-18(12)14(17-15)16-13-9-5-2-6-10-13/h12-13H,2-11,15H2,1H3,(H,16,17). The summed E-state index contributed by atoms with van der Waals surface area (Å²) in [4.78, 5) is 7.25. The normalized spacial score (nSPS) is 28.0. The van der Waals surface area contributed by atoms with Gasteiger partial charge in [0.1, 0.15) is 0 Å². The van der Waals surface area contributed by atoms with Crippen molar-refractivity contribution in [1.29, 1.82) is 0 Å². The third kappa shape index (κ3) is 3.61. The minimum atomic E-state index is 0.486. The molecule has 0 aromatic carbocycles. The summed E-state index contributed by atoms with van der Waals surface area (Å²) < 4.78 is 0. The number of hydrogen-bond donors (Lipinski definition) is 2. The molecule has 0 aromatic heterocycles.